The molecule has 0 aliphatic carbocycles. The van der Waals surface area contributed by atoms with Gasteiger partial charge >= 0.3 is 0 Å². The lowest BCUT2D eigenvalue weighted by Crippen LogP contribution is -2.22. The highest BCUT2D eigenvalue weighted by Gasteiger charge is 2.13. The van der Waals surface area contributed by atoms with E-state index >= 15 is 0 Å². The fourth-order valence-electron chi connectivity index (χ4n) is 2.78. The highest BCUT2D eigenvalue weighted by Crippen LogP contribution is 2.21. The summed E-state index contributed by atoms with van der Waals surface area (Å²) in [6, 6.07) is 15.5. The number of likely N-dealkylation sites (N-methyl/N-ethyl adjacent to an activating group) is 1. The number of aromatic nitrogens is 2. The van der Waals surface area contributed by atoms with Crippen molar-refractivity contribution in [2.75, 3.05) is 6.54 Å². The molecule has 1 unspecified atom stereocenters. The van der Waals surface area contributed by atoms with Crippen molar-refractivity contribution in [3.63, 3.8) is 0 Å². The monoisotopic (exact) mass is 279 g/mol. The predicted octanol–water partition coefficient (Wildman–Crippen LogP) is 3.47. The largest absolute Gasteiger partial charge is 0.310 e. The summed E-state index contributed by atoms with van der Waals surface area (Å²) < 4.78 is 1.86. The van der Waals surface area contributed by atoms with Crippen LogP contribution in [0.2, 0.25) is 0 Å². The number of fused-ring (bicyclic) bond motifs is 1. The SMILES string of the molecule is CCNC(Cc1ccc2ccccc2c1)c1cnn(C)c1. The molecule has 1 aromatic heterocycles. The van der Waals surface area contributed by atoms with E-state index in [1.807, 2.05) is 17.9 Å². The molecule has 0 aliphatic rings. The lowest BCUT2D eigenvalue weighted by Gasteiger charge is -2.16. The van der Waals surface area contributed by atoms with E-state index < -0.39 is 0 Å². The summed E-state index contributed by atoms with van der Waals surface area (Å²) in [6.45, 7) is 3.09. The first-order chi connectivity index (χ1) is 10.3. The zero-order valence-electron chi connectivity index (χ0n) is 12.6. The molecule has 1 N–H and O–H groups in total. The predicted molar refractivity (Wildman–Crippen MR) is 87.3 cm³/mol. The van der Waals surface area contributed by atoms with Gasteiger partial charge in [0.1, 0.15) is 0 Å². The molecule has 1 atom stereocenters. The van der Waals surface area contributed by atoms with Crippen LogP contribution in [0.25, 0.3) is 10.8 Å². The van der Waals surface area contributed by atoms with Crippen molar-refractivity contribution in [2.24, 2.45) is 7.05 Å². The maximum atomic E-state index is 4.29. The lowest BCUT2D eigenvalue weighted by molar-refractivity contribution is 0.549. The van der Waals surface area contributed by atoms with Gasteiger partial charge < -0.3 is 5.32 Å². The molecule has 3 nitrogen and oxygen atoms in total. The summed E-state index contributed by atoms with van der Waals surface area (Å²) in [6.07, 6.45) is 5.02. The fourth-order valence-corrected chi connectivity index (χ4v) is 2.78. The maximum Gasteiger partial charge on any atom is 0.0537 e. The van der Waals surface area contributed by atoms with Crippen LogP contribution in [0.1, 0.15) is 24.1 Å². The Labute approximate surface area is 125 Å². The second-order valence-electron chi connectivity index (χ2n) is 5.44. The van der Waals surface area contributed by atoms with Crippen LogP contribution in [0.3, 0.4) is 0 Å². The molecule has 21 heavy (non-hydrogen) atoms. The van der Waals surface area contributed by atoms with Gasteiger partial charge in [-0.05, 0) is 29.3 Å². The smallest absolute Gasteiger partial charge is 0.0537 e. The number of hydrogen-bond acceptors (Lipinski definition) is 2. The summed E-state index contributed by atoms with van der Waals surface area (Å²) in [5.74, 6) is 0. The Bertz CT molecular complexity index is 730. The van der Waals surface area contributed by atoms with Gasteiger partial charge in [0.2, 0.25) is 0 Å². The fraction of sp³-hybridized carbons (Fsp3) is 0.278. The summed E-state index contributed by atoms with van der Waals surface area (Å²) in [4.78, 5) is 0. The minimum Gasteiger partial charge on any atom is -0.310 e. The third kappa shape index (κ3) is 3.14. The highest BCUT2D eigenvalue weighted by atomic mass is 15.2. The number of rotatable bonds is 5. The van der Waals surface area contributed by atoms with Gasteiger partial charge in [0.15, 0.2) is 0 Å². The number of hydrogen-bond donors (Lipinski definition) is 1. The Balaban J connectivity index is 1.86. The van der Waals surface area contributed by atoms with Crippen LogP contribution < -0.4 is 5.32 Å². The summed E-state index contributed by atoms with van der Waals surface area (Å²) in [5.41, 5.74) is 2.59. The van der Waals surface area contributed by atoms with E-state index in [2.05, 4.69) is 66.0 Å². The first kappa shape index (κ1) is 13.8. The topological polar surface area (TPSA) is 29.9 Å². The molecule has 108 valence electrons. The van der Waals surface area contributed by atoms with Gasteiger partial charge in [-0.1, -0.05) is 49.4 Å². The average molecular weight is 279 g/mol. The molecule has 0 radical (unpaired) electrons. The Kier molecular flexibility index (Phi) is 4.02. The van der Waals surface area contributed by atoms with Crippen molar-refractivity contribution in [2.45, 2.75) is 19.4 Å². The van der Waals surface area contributed by atoms with E-state index in [9.17, 15) is 0 Å². The molecular formula is C18H21N3. The molecule has 0 spiro atoms. The molecule has 0 bridgehead atoms. The molecule has 0 amide bonds. The van der Waals surface area contributed by atoms with Gasteiger partial charge in [-0.15, -0.1) is 0 Å². The highest BCUT2D eigenvalue weighted by molar-refractivity contribution is 5.83. The van der Waals surface area contributed by atoms with E-state index in [1.165, 1.54) is 21.9 Å². The van der Waals surface area contributed by atoms with E-state index in [1.54, 1.807) is 0 Å². The van der Waals surface area contributed by atoms with Crippen molar-refractivity contribution >= 4 is 10.8 Å². The molecule has 1 heterocycles. The van der Waals surface area contributed by atoms with Crippen LogP contribution >= 0.6 is 0 Å². The van der Waals surface area contributed by atoms with Crippen LogP contribution in [0.5, 0.6) is 0 Å². The van der Waals surface area contributed by atoms with Gasteiger partial charge in [0, 0.05) is 24.8 Å². The average Bonchev–Trinajstić information content (AvgIpc) is 2.93. The normalized spacial score (nSPS) is 12.7. The summed E-state index contributed by atoms with van der Waals surface area (Å²) >= 11 is 0. The number of aryl methyl sites for hydroxylation is 1. The third-order valence-corrected chi connectivity index (χ3v) is 3.83. The van der Waals surface area contributed by atoms with Crippen molar-refractivity contribution in [3.05, 3.63) is 66.0 Å². The minimum absolute atomic E-state index is 0.310. The second kappa shape index (κ2) is 6.10. The molecule has 3 rings (SSSR count). The van der Waals surface area contributed by atoms with E-state index in [0.717, 1.165) is 13.0 Å². The van der Waals surface area contributed by atoms with Crippen molar-refractivity contribution < 1.29 is 0 Å². The molecule has 0 saturated carbocycles. The molecule has 3 heteroatoms. The quantitative estimate of drug-likeness (QED) is 0.775. The molecule has 0 fully saturated rings. The van der Waals surface area contributed by atoms with E-state index in [-0.39, 0.29) is 0 Å². The zero-order valence-corrected chi connectivity index (χ0v) is 12.6. The number of nitrogens with one attached hydrogen (secondary N) is 1. The van der Waals surface area contributed by atoms with Crippen molar-refractivity contribution in [1.29, 1.82) is 0 Å². The minimum atomic E-state index is 0.310. The van der Waals surface area contributed by atoms with Crippen molar-refractivity contribution in [1.82, 2.24) is 15.1 Å². The van der Waals surface area contributed by atoms with Gasteiger partial charge in [0.05, 0.1) is 6.20 Å². The third-order valence-electron chi connectivity index (χ3n) is 3.83. The zero-order chi connectivity index (χ0) is 14.7. The van der Waals surface area contributed by atoms with Crippen LogP contribution in [0.15, 0.2) is 54.9 Å². The molecule has 0 saturated heterocycles. The number of nitrogens with zero attached hydrogens (tertiary/aromatic N) is 2. The summed E-state index contributed by atoms with van der Waals surface area (Å²) in [5, 5.41) is 10.4. The first-order valence-corrected chi connectivity index (χ1v) is 7.46. The van der Waals surface area contributed by atoms with Gasteiger partial charge in [0.25, 0.3) is 0 Å². The standard InChI is InChI=1S/C18H21N3/c1-3-19-18(17-12-20-21(2)13-17)11-14-8-9-15-6-4-5-7-16(15)10-14/h4-10,12-13,18-19H,3,11H2,1-2H3. The van der Waals surface area contributed by atoms with E-state index in [4.69, 9.17) is 0 Å². The Hall–Kier alpha value is -2.13. The van der Waals surface area contributed by atoms with Crippen LogP contribution in [0.4, 0.5) is 0 Å². The Morgan fingerprint density at radius 2 is 1.95 bits per heavy atom. The van der Waals surface area contributed by atoms with Crippen LogP contribution in [0, 0.1) is 0 Å². The number of benzene rings is 2. The molecule has 3 aromatic rings. The van der Waals surface area contributed by atoms with E-state index in [0.29, 0.717) is 6.04 Å². The van der Waals surface area contributed by atoms with Crippen LogP contribution in [-0.4, -0.2) is 16.3 Å². The van der Waals surface area contributed by atoms with Gasteiger partial charge in [-0.2, -0.15) is 5.10 Å². The van der Waals surface area contributed by atoms with Gasteiger partial charge in [-0.25, -0.2) is 0 Å². The van der Waals surface area contributed by atoms with Gasteiger partial charge in [-0.3, -0.25) is 4.68 Å². The lowest BCUT2D eigenvalue weighted by atomic mass is 9.99. The Morgan fingerprint density at radius 3 is 2.67 bits per heavy atom. The first-order valence-electron chi connectivity index (χ1n) is 7.46. The van der Waals surface area contributed by atoms with Crippen molar-refractivity contribution in [3.8, 4) is 0 Å². The molecule has 0 aliphatic heterocycles. The van der Waals surface area contributed by atoms with Crippen LogP contribution in [-0.2, 0) is 13.5 Å². The maximum absolute atomic E-state index is 4.29. The Morgan fingerprint density at radius 1 is 1.14 bits per heavy atom. The summed E-state index contributed by atoms with van der Waals surface area (Å²) in [7, 11) is 1.96. The molecular weight excluding hydrogens is 258 g/mol. The molecule has 2 aromatic carbocycles. The second-order valence-corrected chi connectivity index (χ2v) is 5.44.